The van der Waals surface area contributed by atoms with Crippen LogP contribution in [0.1, 0.15) is 54.0 Å². The van der Waals surface area contributed by atoms with Crippen LogP contribution in [0.15, 0.2) is 60.7 Å². The van der Waals surface area contributed by atoms with Crippen molar-refractivity contribution in [3.63, 3.8) is 0 Å². The van der Waals surface area contributed by atoms with E-state index in [-0.39, 0.29) is 0 Å². The van der Waals surface area contributed by atoms with Crippen molar-refractivity contribution in [2.24, 2.45) is 0 Å². The van der Waals surface area contributed by atoms with E-state index in [1.165, 1.54) is 19.3 Å². The smallest absolute Gasteiger partial charge is 0.290 e. The molecule has 0 bridgehead atoms. The Hall–Kier alpha value is -3.57. The number of hydrogen-bond acceptors (Lipinski definition) is 9. The number of fused-ring (bicyclic) bond motifs is 1. The second-order valence-corrected chi connectivity index (χ2v) is 12.6. The van der Waals surface area contributed by atoms with E-state index in [1.807, 2.05) is 60.7 Å². The minimum Gasteiger partial charge on any atom is -0.497 e. The summed E-state index contributed by atoms with van der Waals surface area (Å²) in [5, 5.41) is 0. The van der Waals surface area contributed by atoms with Crippen LogP contribution in [0.5, 0.6) is 23.0 Å². The van der Waals surface area contributed by atoms with Crippen LogP contribution >= 0.6 is 0 Å². The molecule has 3 aromatic carbocycles. The summed E-state index contributed by atoms with van der Waals surface area (Å²) in [6, 6.07) is 19.2. The number of benzene rings is 3. The zero-order valence-electron chi connectivity index (χ0n) is 25.8. The summed E-state index contributed by atoms with van der Waals surface area (Å²) in [5.41, 5.74) is 5.38. The van der Waals surface area contributed by atoms with Gasteiger partial charge in [0.15, 0.2) is 11.5 Å². The Balaban J connectivity index is 1.54. The van der Waals surface area contributed by atoms with Gasteiger partial charge in [0.25, 0.3) is 10.1 Å². The van der Waals surface area contributed by atoms with Crippen LogP contribution in [0.4, 0.5) is 0 Å². The van der Waals surface area contributed by atoms with E-state index in [0.717, 1.165) is 71.6 Å². The first-order valence-corrected chi connectivity index (χ1v) is 16.7. The van der Waals surface area contributed by atoms with E-state index >= 15 is 0 Å². The lowest BCUT2D eigenvalue weighted by molar-refractivity contribution is -0.225. The Labute approximate surface area is 260 Å². The van der Waals surface area contributed by atoms with Gasteiger partial charge in [-0.05, 0) is 109 Å². The molecular weight excluding hydrogens is 582 g/mol. The van der Waals surface area contributed by atoms with Gasteiger partial charge >= 0.3 is 0 Å². The number of allylic oxidation sites excluding steroid dienone is 1. The normalized spacial score (nSPS) is 16.3. The van der Waals surface area contributed by atoms with Crippen LogP contribution in [0.2, 0.25) is 0 Å². The fraction of sp³-hybridized carbons (Fsp3) is 0.412. The maximum Gasteiger partial charge on any atom is 0.290 e. The van der Waals surface area contributed by atoms with Crippen molar-refractivity contribution in [3.05, 3.63) is 82.9 Å². The Morgan fingerprint density at radius 3 is 2.20 bits per heavy atom. The summed E-state index contributed by atoms with van der Waals surface area (Å²) in [6.45, 7) is 3.72. The van der Waals surface area contributed by atoms with E-state index in [9.17, 15) is 8.42 Å². The number of hydrogen-bond donors (Lipinski definition) is 0. The number of aryl methyl sites for hydroxylation is 1. The molecule has 0 amide bonds. The Bertz CT molecular complexity index is 1560. The second-order valence-electron chi connectivity index (χ2n) is 11.1. The third-order valence-electron chi connectivity index (χ3n) is 8.13. The highest BCUT2D eigenvalue weighted by atomic mass is 32.2. The van der Waals surface area contributed by atoms with Gasteiger partial charge in [-0.25, -0.2) is 4.89 Å². The molecule has 0 radical (unpaired) electrons. The summed E-state index contributed by atoms with van der Waals surface area (Å²) >= 11 is 0. The quantitative estimate of drug-likeness (QED) is 0.166. The predicted octanol–water partition coefficient (Wildman–Crippen LogP) is 6.08. The highest BCUT2D eigenvalue weighted by Gasteiger charge is 2.31. The predicted molar refractivity (Wildman–Crippen MR) is 170 cm³/mol. The molecule has 236 valence electrons. The Morgan fingerprint density at radius 2 is 1.52 bits per heavy atom. The number of piperidine rings is 1. The minimum atomic E-state index is -3.92. The van der Waals surface area contributed by atoms with E-state index in [4.69, 9.17) is 28.2 Å². The van der Waals surface area contributed by atoms with Gasteiger partial charge in [-0.15, -0.1) is 4.33 Å². The Kier molecular flexibility index (Phi) is 10.5. The molecule has 1 aliphatic heterocycles. The summed E-state index contributed by atoms with van der Waals surface area (Å²) in [4.78, 5) is 8.25. The molecule has 44 heavy (non-hydrogen) atoms. The van der Waals surface area contributed by atoms with Gasteiger partial charge in [0.05, 0.1) is 27.6 Å². The van der Waals surface area contributed by atoms with E-state index in [2.05, 4.69) is 4.90 Å². The fourth-order valence-electron chi connectivity index (χ4n) is 5.94. The third-order valence-corrected chi connectivity index (χ3v) is 8.46. The maximum absolute atomic E-state index is 12.2. The molecule has 2 aliphatic rings. The van der Waals surface area contributed by atoms with Crippen LogP contribution in [-0.4, -0.2) is 67.1 Å². The molecule has 0 N–H and O–H groups in total. The third kappa shape index (κ3) is 7.74. The van der Waals surface area contributed by atoms with Gasteiger partial charge in [-0.1, -0.05) is 30.7 Å². The van der Waals surface area contributed by atoms with Crippen molar-refractivity contribution in [2.45, 2.75) is 38.2 Å². The van der Waals surface area contributed by atoms with Crippen molar-refractivity contribution < 1.29 is 36.6 Å². The largest absolute Gasteiger partial charge is 0.497 e. The molecule has 0 saturated carbocycles. The van der Waals surface area contributed by atoms with Crippen LogP contribution in [0, 0.1) is 0 Å². The number of rotatable bonds is 13. The molecular formula is C34H41NO8S. The summed E-state index contributed by atoms with van der Waals surface area (Å²) < 4.78 is 52.0. The molecule has 1 heterocycles. The molecule has 3 aromatic rings. The first kappa shape index (κ1) is 31.8. The lowest BCUT2D eigenvalue weighted by Crippen LogP contribution is -2.33. The Morgan fingerprint density at radius 1 is 0.795 bits per heavy atom. The number of likely N-dealkylation sites (tertiary alicyclic amines) is 1. The number of nitrogens with zero attached hydrogens (tertiary/aromatic N) is 1. The molecule has 1 fully saturated rings. The average Bonchev–Trinajstić information content (AvgIpc) is 3.04. The van der Waals surface area contributed by atoms with Crippen molar-refractivity contribution in [2.75, 3.05) is 53.8 Å². The van der Waals surface area contributed by atoms with Gasteiger partial charge in [0, 0.05) is 6.54 Å². The molecule has 10 heteroatoms. The average molecular weight is 624 g/mol. The van der Waals surface area contributed by atoms with E-state index in [1.54, 1.807) is 21.3 Å². The molecule has 1 unspecified atom stereocenters. The second kappa shape index (κ2) is 14.5. The maximum atomic E-state index is 12.2. The standard InChI is InChI=1S/C34H41NO8S/c1-38-28-14-16-30-25(22-28)10-15-29(26-11-17-31(39-2)32(23-26)40-3)33(30)34(42-43-44(4,36)37)24-8-12-27(13-9-24)41-21-20-35-18-6-5-7-19-35/h8-9,11-14,16-17,22-23,34H,5-7,10,15,18-21H2,1-4H3. The van der Waals surface area contributed by atoms with Crippen molar-refractivity contribution in [1.82, 2.24) is 4.90 Å². The van der Waals surface area contributed by atoms with Crippen LogP contribution in [0.3, 0.4) is 0 Å². The SMILES string of the molecule is COc1ccc2c(c1)CCC(c1ccc(OC)c(OC)c1)=C2C(OOS(C)(=O)=O)c1ccc(OCCN2CCCCC2)cc1. The summed E-state index contributed by atoms with van der Waals surface area (Å²) in [7, 11) is 0.916. The summed E-state index contributed by atoms with van der Waals surface area (Å²) in [5.74, 6) is 2.68. The van der Waals surface area contributed by atoms with Crippen molar-refractivity contribution in [3.8, 4) is 23.0 Å². The van der Waals surface area contributed by atoms with Crippen molar-refractivity contribution in [1.29, 1.82) is 0 Å². The molecule has 0 aromatic heterocycles. The van der Waals surface area contributed by atoms with Crippen LogP contribution < -0.4 is 18.9 Å². The van der Waals surface area contributed by atoms with Gasteiger partial charge in [0.1, 0.15) is 24.2 Å². The van der Waals surface area contributed by atoms with E-state index < -0.39 is 16.2 Å². The van der Waals surface area contributed by atoms with Crippen LogP contribution in [0.25, 0.3) is 11.1 Å². The van der Waals surface area contributed by atoms with Gasteiger partial charge in [0.2, 0.25) is 0 Å². The van der Waals surface area contributed by atoms with Crippen LogP contribution in [-0.2, 0) is 25.8 Å². The number of ether oxygens (including phenoxy) is 4. The number of methoxy groups -OCH3 is 3. The minimum absolute atomic E-state index is 0.591. The zero-order valence-corrected chi connectivity index (χ0v) is 26.7. The lowest BCUT2D eigenvalue weighted by Gasteiger charge is -2.30. The topological polar surface area (TPSA) is 92.8 Å². The van der Waals surface area contributed by atoms with Gasteiger partial charge in [-0.2, -0.15) is 8.42 Å². The summed E-state index contributed by atoms with van der Waals surface area (Å²) in [6.07, 6.45) is 5.29. The van der Waals surface area contributed by atoms with E-state index in [0.29, 0.717) is 30.1 Å². The van der Waals surface area contributed by atoms with Crippen molar-refractivity contribution >= 4 is 21.3 Å². The zero-order chi connectivity index (χ0) is 31.1. The fourth-order valence-corrected chi connectivity index (χ4v) is 6.16. The monoisotopic (exact) mass is 623 g/mol. The first-order valence-electron chi connectivity index (χ1n) is 14.9. The molecule has 1 aliphatic carbocycles. The van der Waals surface area contributed by atoms with Gasteiger partial charge in [-0.3, -0.25) is 4.90 Å². The molecule has 1 atom stereocenters. The first-order chi connectivity index (χ1) is 21.3. The highest BCUT2D eigenvalue weighted by Crippen LogP contribution is 2.47. The molecule has 0 spiro atoms. The molecule has 5 rings (SSSR count). The van der Waals surface area contributed by atoms with Gasteiger partial charge < -0.3 is 18.9 Å². The molecule has 9 nitrogen and oxygen atoms in total. The molecule has 1 saturated heterocycles. The highest BCUT2D eigenvalue weighted by molar-refractivity contribution is 7.85. The lowest BCUT2D eigenvalue weighted by atomic mass is 9.79.